The molecular weight excluding hydrogens is 245 g/mol. The minimum atomic E-state index is -0.557. The molecule has 2 N–H and O–H groups in total. The van der Waals surface area contributed by atoms with Crippen LogP contribution >= 0.6 is 0 Å². The molecule has 100 valence electrons. The summed E-state index contributed by atoms with van der Waals surface area (Å²) in [6.07, 6.45) is 3.42. The molecule has 3 nitrogen and oxygen atoms in total. The fraction of sp³-hybridized carbons (Fsp3) is 0.400. The van der Waals surface area contributed by atoms with Gasteiger partial charge in [-0.2, -0.15) is 0 Å². The SMILES string of the molecule is O=C(NCCC1CC1)c1cc(C#CCO)ccc1F. The van der Waals surface area contributed by atoms with Crippen LogP contribution in [0.5, 0.6) is 0 Å². The lowest BCUT2D eigenvalue weighted by molar-refractivity contribution is 0.0948. The monoisotopic (exact) mass is 261 g/mol. The summed E-state index contributed by atoms with van der Waals surface area (Å²) in [7, 11) is 0. The third kappa shape index (κ3) is 4.08. The zero-order chi connectivity index (χ0) is 13.7. The molecule has 1 aromatic carbocycles. The van der Waals surface area contributed by atoms with Gasteiger partial charge in [0.15, 0.2) is 0 Å². The lowest BCUT2D eigenvalue weighted by atomic mass is 10.1. The molecule has 0 unspecified atom stereocenters. The van der Waals surface area contributed by atoms with E-state index in [4.69, 9.17) is 5.11 Å². The minimum Gasteiger partial charge on any atom is -0.384 e. The van der Waals surface area contributed by atoms with Gasteiger partial charge in [-0.15, -0.1) is 0 Å². The maximum atomic E-state index is 13.6. The van der Waals surface area contributed by atoms with Crippen LogP contribution in [0.1, 0.15) is 35.2 Å². The maximum Gasteiger partial charge on any atom is 0.254 e. The number of hydrogen-bond donors (Lipinski definition) is 2. The van der Waals surface area contributed by atoms with Crippen molar-refractivity contribution in [3.8, 4) is 11.8 Å². The molecule has 0 radical (unpaired) electrons. The summed E-state index contributed by atoms with van der Waals surface area (Å²) in [5.41, 5.74) is 0.517. The van der Waals surface area contributed by atoms with Crippen molar-refractivity contribution in [3.63, 3.8) is 0 Å². The maximum absolute atomic E-state index is 13.6. The normalized spacial score (nSPS) is 13.6. The van der Waals surface area contributed by atoms with E-state index in [1.54, 1.807) is 0 Å². The van der Waals surface area contributed by atoms with Crippen molar-refractivity contribution >= 4 is 5.91 Å². The Kier molecular flexibility index (Phi) is 4.53. The molecule has 0 heterocycles. The van der Waals surface area contributed by atoms with E-state index >= 15 is 0 Å². The van der Waals surface area contributed by atoms with Gasteiger partial charge < -0.3 is 10.4 Å². The molecule has 1 fully saturated rings. The topological polar surface area (TPSA) is 49.3 Å². The second-order valence-electron chi connectivity index (χ2n) is 4.64. The third-order valence-electron chi connectivity index (χ3n) is 3.06. The lowest BCUT2D eigenvalue weighted by Crippen LogP contribution is -2.25. The smallest absolute Gasteiger partial charge is 0.254 e. The Morgan fingerprint density at radius 3 is 2.95 bits per heavy atom. The fourth-order valence-electron chi connectivity index (χ4n) is 1.81. The van der Waals surface area contributed by atoms with Crippen LogP contribution in [0.4, 0.5) is 4.39 Å². The van der Waals surface area contributed by atoms with E-state index in [9.17, 15) is 9.18 Å². The van der Waals surface area contributed by atoms with Crippen molar-refractivity contribution in [2.24, 2.45) is 5.92 Å². The molecule has 0 spiro atoms. The van der Waals surface area contributed by atoms with E-state index in [2.05, 4.69) is 17.2 Å². The van der Waals surface area contributed by atoms with Crippen LogP contribution in [0, 0.1) is 23.6 Å². The van der Waals surface area contributed by atoms with Crippen LogP contribution < -0.4 is 5.32 Å². The number of hydrogen-bond acceptors (Lipinski definition) is 2. The van der Waals surface area contributed by atoms with Crippen LogP contribution in [0.25, 0.3) is 0 Å². The van der Waals surface area contributed by atoms with Gasteiger partial charge in [-0.25, -0.2) is 4.39 Å². The lowest BCUT2D eigenvalue weighted by Gasteiger charge is -2.06. The highest BCUT2D eigenvalue weighted by Crippen LogP contribution is 2.31. The Morgan fingerprint density at radius 1 is 1.47 bits per heavy atom. The predicted molar refractivity (Wildman–Crippen MR) is 70.0 cm³/mol. The number of halogens is 1. The number of aliphatic hydroxyl groups is 1. The van der Waals surface area contributed by atoms with Gasteiger partial charge in [0.05, 0.1) is 5.56 Å². The van der Waals surface area contributed by atoms with Gasteiger partial charge in [-0.1, -0.05) is 24.7 Å². The van der Waals surface area contributed by atoms with E-state index in [0.29, 0.717) is 12.1 Å². The van der Waals surface area contributed by atoms with Crippen LogP contribution in [-0.4, -0.2) is 24.2 Å². The van der Waals surface area contributed by atoms with Crippen LogP contribution in [0.3, 0.4) is 0 Å². The van der Waals surface area contributed by atoms with E-state index in [0.717, 1.165) is 12.3 Å². The quantitative estimate of drug-likeness (QED) is 0.810. The molecule has 1 aliphatic rings. The van der Waals surface area contributed by atoms with Gasteiger partial charge >= 0.3 is 0 Å². The van der Waals surface area contributed by atoms with Crippen LogP contribution in [-0.2, 0) is 0 Å². The molecule has 19 heavy (non-hydrogen) atoms. The van der Waals surface area contributed by atoms with Gasteiger partial charge in [-0.3, -0.25) is 4.79 Å². The summed E-state index contributed by atoms with van der Waals surface area (Å²) in [4.78, 5) is 11.8. The van der Waals surface area contributed by atoms with Crippen LogP contribution in [0.15, 0.2) is 18.2 Å². The van der Waals surface area contributed by atoms with Crippen molar-refractivity contribution in [2.45, 2.75) is 19.3 Å². The molecule has 0 saturated heterocycles. The second-order valence-corrected chi connectivity index (χ2v) is 4.64. The largest absolute Gasteiger partial charge is 0.384 e. The summed E-state index contributed by atoms with van der Waals surface area (Å²) in [6, 6.07) is 4.11. The highest BCUT2D eigenvalue weighted by Gasteiger charge is 2.21. The number of aliphatic hydroxyl groups excluding tert-OH is 1. The van der Waals surface area contributed by atoms with E-state index in [-0.39, 0.29) is 12.2 Å². The summed E-state index contributed by atoms with van der Waals surface area (Å²) >= 11 is 0. The molecule has 1 aliphatic carbocycles. The molecule has 0 bridgehead atoms. The molecule has 1 aromatic rings. The standard InChI is InChI=1S/C15H16FNO2/c16-14-6-5-12(2-1-9-18)10-13(14)15(19)17-8-7-11-3-4-11/h5-6,10-11,18H,3-4,7-9H2,(H,17,19). The predicted octanol–water partition coefficient (Wildman–Crippen LogP) is 1.70. The first-order valence-corrected chi connectivity index (χ1v) is 6.38. The van der Waals surface area contributed by atoms with Crippen molar-refractivity contribution in [3.05, 3.63) is 35.1 Å². The number of carbonyl (C=O) groups is 1. The van der Waals surface area contributed by atoms with Gasteiger partial charge in [0.2, 0.25) is 0 Å². The molecule has 0 aliphatic heterocycles. The summed E-state index contributed by atoms with van der Waals surface area (Å²) in [6.45, 7) is 0.315. The van der Waals surface area contributed by atoms with Gasteiger partial charge in [0, 0.05) is 12.1 Å². The highest BCUT2D eigenvalue weighted by atomic mass is 19.1. The van der Waals surface area contributed by atoms with Crippen molar-refractivity contribution in [1.82, 2.24) is 5.32 Å². The first-order chi connectivity index (χ1) is 9.20. The summed E-state index contributed by atoms with van der Waals surface area (Å²) < 4.78 is 13.6. The average molecular weight is 261 g/mol. The number of rotatable bonds is 4. The summed E-state index contributed by atoms with van der Waals surface area (Å²) in [5.74, 6) is 4.88. The summed E-state index contributed by atoms with van der Waals surface area (Å²) in [5, 5.41) is 11.3. The second kappa shape index (κ2) is 6.35. The first kappa shape index (κ1) is 13.6. The van der Waals surface area contributed by atoms with Gasteiger partial charge in [-0.05, 0) is 30.5 Å². The fourth-order valence-corrected chi connectivity index (χ4v) is 1.81. The van der Waals surface area contributed by atoms with E-state index < -0.39 is 11.7 Å². The van der Waals surface area contributed by atoms with Crippen molar-refractivity contribution in [2.75, 3.05) is 13.2 Å². The molecule has 0 aromatic heterocycles. The highest BCUT2D eigenvalue weighted by molar-refractivity contribution is 5.94. The Labute approximate surface area is 111 Å². The first-order valence-electron chi connectivity index (χ1n) is 6.38. The Bertz CT molecular complexity index is 527. The molecule has 0 atom stereocenters. The van der Waals surface area contributed by atoms with Crippen molar-refractivity contribution in [1.29, 1.82) is 0 Å². The Morgan fingerprint density at radius 2 is 2.26 bits per heavy atom. The van der Waals surface area contributed by atoms with E-state index in [1.165, 1.54) is 31.0 Å². The Balaban J connectivity index is 2.01. The zero-order valence-electron chi connectivity index (χ0n) is 10.6. The number of nitrogens with one attached hydrogen (secondary N) is 1. The van der Waals surface area contributed by atoms with Crippen LogP contribution in [0.2, 0.25) is 0 Å². The minimum absolute atomic E-state index is 0.000497. The number of carbonyl (C=O) groups excluding carboxylic acids is 1. The number of benzene rings is 1. The van der Waals surface area contributed by atoms with Gasteiger partial charge in [0.1, 0.15) is 12.4 Å². The molecular formula is C15H16FNO2. The zero-order valence-corrected chi connectivity index (χ0v) is 10.6. The van der Waals surface area contributed by atoms with E-state index in [1.807, 2.05) is 0 Å². The molecule has 4 heteroatoms. The third-order valence-corrected chi connectivity index (χ3v) is 3.06. The average Bonchev–Trinajstić information content (AvgIpc) is 3.21. The van der Waals surface area contributed by atoms with Gasteiger partial charge in [0.25, 0.3) is 5.91 Å². The number of amides is 1. The molecule has 1 saturated carbocycles. The Hall–Kier alpha value is -1.86. The molecule has 1 amide bonds. The van der Waals surface area contributed by atoms with Crippen molar-refractivity contribution < 1.29 is 14.3 Å². The molecule has 2 rings (SSSR count).